The van der Waals surface area contributed by atoms with Gasteiger partial charge in [-0.2, -0.15) is 0 Å². The number of hydrogen-bond donors (Lipinski definition) is 2. The third-order valence-corrected chi connectivity index (χ3v) is 4.63. The number of ether oxygens (including phenoxy) is 1. The van der Waals surface area contributed by atoms with Crippen LogP contribution in [-0.4, -0.2) is 48.1 Å². The maximum absolute atomic E-state index is 12.2. The summed E-state index contributed by atoms with van der Waals surface area (Å²) in [5, 5.41) is 18.4. The molecule has 0 saturated carbocycles. The maximum atomic E-state index is 12.2. The van der Waals surface area contributed by atoms with Crippen molar-refractivity contribution in [3.8, 4) is 11.5 Å². The molecule has 0 aliphatic heterocycles. The molecule has 0 amide bonds. The molecule has 2 N–H and O–H groups in total. The van der Waals surface area contributed by atoms with Gasteiger partial charge in [0.15, 0.2) is 11.6 Å². The number of benzene rings is 2. The highest BCUT2D eigenvalue weighted by Crippen LogP contribution is 2.27. The van der Waals surface area contributed by atoms with E-state index in [4.69, 9.17) is 9.84 Å². The first-order valence-corrected chi connectivity index (χ1v) is 10.3. The zero-order chi connectivity index (χ0) is 22.6. The van der Waals surface area contributed by atoms with Crippen LogP contribution in [0, 0.1) is 0 Å². The second kappa shape index (κ2) is 12.3. The van der Waals surface area contributed by atoms with Crippen LogP contribution < -0.4 is 9.64 Å². The van der Waals surface area contributed by atoms with Gasteiger partial charge < -0.3 is 19.8 Å². The molecule has 0 saturated heterocycles. The number of nitrogens with zero attached hydrogens (tertiary/aromatic N) is 1. The highest BCUT2D eigenvalue weighted by atomic mass is 16.5. The molecule has 0 bridgehead atoms. The summed E-state index contributed by atoms with van der Waals surface area (Å²) in [6.45, 7) is 5.87. The molecule has 6 nitrogen and oxygen atoms in total. The lowest BCUT2D eigenvalue weighted by Gasteiger charge is -2.22. The van der Waals surface area contributed by atoms with Crippen molar-refractivity contribution >= 4 is 29.4 Å². The van der Waals surface area contributed by atoms with E-state index in [1.807, 2.05) is 18.2 Å². The third kappa shape index (κ3) is 7.75. The predicted molar refractivity (Wildman–Crippen MR) is 123 cm³/mol. The first kappa shape index (κ1) is 23.9. The molecule has 2 aromatic carbocycles. The molecule has 0 aliphatic carbocycles. The molecule has 31 heavy (non-hydrogen) atoms. The molecule has 164 valence electrons. The second-order valence-electron chi connectivity index (χ2n) is 6.83. The average Bonchev–Trinajstić information content (AvgIpc) is 2.77. The lowest BCUT2D eigenvalue weighted by Crippen LogP contribution is -2.21. The van der Waals surface area contributed by atoms with Crippen LogP contribution in [-0.2, 0) is 9.59 Å². The molecule has 0 unspecified atom stereocenters. The Balaban J connectivity index is 2.05. The fraction of sp³-hybridized carbons (Fsp3) is 0.280. The van der Waals surface area contributed by atoms with Crippen molar-refractivity contribution in [2.24, 2.45) is 0 Å². The van der Waals surface area contributed by atoms with E-state index in [1.54, 1.807) is 24.3 Å². The topological polar surface area (TPSA) is 87.1 Å². The minimum Gasteiger partial charge on any atom is -0.508 e. The molecule has 2 aromatic rings. The number of rotatable bonds is 12. The number of carbonyl (C=O) groups is 2. The molecule has 0 atom stereocenters. The van der Waals surface area contributed by atoms with Gasteiger partial charge in [0.2, 0.25) is 0 Å². The molecule has 6 heteroatoms. The summed E-state index contributed by atoms with van der Waals surface area (Å²) in [5.41, 5.74) is 2.45. The number of phenols is 1. The summed E-state index contributed by atoms with van der Waals surface area (Å²) in [5.74, 6) is 0.0926. The number of aliphatic hydroxyl groups excluding tert-OH is 1. The fourth-order valence-electron chi connectivity index (χ4n) is 2.97. The van der Waals surface area contributed by atoms with Crippen molar-refractivity contribution in [2.75, 3.05) is 31.2 Å². The van der Waals surface area contributed by atoms with Gasteiger partial charge in [-0.1, -0.05) is 18.2 Å². The van der Waals surface area contributed by atoms with Crippen LogP contribution in [0.3, 0.4) is 0 Å². The summed E-state index contributed by atoms with van der Waals surface area (Å²) in [7, 11) is 0. The Hall–Kier alpha value is -3.38. The zero-order valence-electron chi connectivity index (χ0n) is 18.0. The largest absolute Gasteiger partial charge is 0.508 e. The van der Waals surface area contributed by atoms with Gasteiger partial charge in [0.05, 0.1) is 13.0 Å². The molecule has 0 aromatic heterocycles. The first-order chi connectivity index (χ1) is 15.0. The number of aliphatic hydroxyl groups is 1. The van der Waals surface area contributed by atoms with Crippen molar-refractivity contribution in [3.63, 3.8) is 0 Å². The summed E-state index contributed by atoms with van der Waals surface area (Å²) in [6.07, 6.45) is 5.70. The minimum atomic E-state index is -0.318. The van der Waals surface area contributed by atoms with Crippen LogP contribution >= 0.6 is 0 Å². The van der Waals surface area contributed by atoms with Crippen molar-refractivity contribution < 1.29 is 24.5 Å². The zero-order valence-corrected chi connectivity index (χ0v) is 18.0. The number of aromatic hydroxyl groups is 1. The van der Waals surface area contributed by atoms with Crippen molar-refractivity contribution in [1.29, 1.82) is 0 Å². The van der Waals surface area contributed by atoms with Gasteiger partial charge in [-0.15, -0.1) is 0 Å². The number of allylic oxidation sites excluding steroid dienone is 2. The van der Waals surface area contributed by atoms with Crippen molar-refractivity contribution in [3.05, 3.63) is 65.7 Å². The fourth-order valence-corrected chi connectivity index (χ4v) is 2.97. The van der Waals surface area contributed by atoms with E-state index in [2.05, 4.69) is 18.7 Å². The van der Waals surface area contributed by atoms with Crippen LogP contribution in [0.25, 0.3) is 12.2 Å². The molecule has 2 rings (SSSR count). The Bertz CT molecular complexity index is 927. The molecular weight excluding hydrogens is 394 g/mol. The van der Waals surface area contributed by atoms with Crippen LogP contribution in [0.5, 0.6) is 11.5 Å². The van der Waals surface area contributed by atoms with Crippen LogP contribution in [0.1, 0.15) is 31.4 Å². The van der Waals surface area contributed by atoms with Gasteiger partial charge in [0, 0.05) is 30.4 Å². The Morgan fingerprint density at radius 3 is 2.23 bits per heavy atom. The van der Waals surface area contributed by atoms with Crippen LogP contribution in [0.4, 0.5) is 5.69 Å². The summed E-state index contributed by atoms with van der Waals surface area (Å²) in [4.78, 5) is 26.4. The number of ketones is 2. The van der Waals surface area contributed by atoms with E-state index >= 15 is 0 Å². The molecular formula is C25H29NO5. The molecule has 0 spiro atoms. The average molecular weight is 424 g/mol. The van der Waals surface area contributed by atoms with Gasteiger partial charge in [0.25, 0.3) is 0 Å². The maximum Gasteiger partial charge on any atom is 0.163 e. The van der Waals surface area contributed by atoms with E-state index in [1.165, 1.54) is 24.3 Å². The summed E-state index contributed by atoms with van der Waals surface area (Å²) < 4.78 is 5.64. The number of hydrogen-bond acceptors (Lipinski definition) is 6. The monoisotopic (exact) mass is 423 g/mol. The van der Waals surface area contributed by atoms with Crippen molar-refractivity contribution in [2.45, 2.75) is 20.3 Å². The second-order valence-corrected chi connectivity index (χ2v) is 6.83. The van der Waals surface area contributed by atoms with Crippen molar-refractivity contribution in [1.82, 2.24) is 0 Å². The number of phenolic OH excluding ortho intramolecular Hbond substituents is 1. The third-order valence-electron chi connectivity index (χ3n) is 4.63. The standard InChI is InChI=1S/C25H29NO5/c1-3-26(4-2)21-10-8-20(25(17-21)31-16-15-27)9-14-24(30)18-23(29)13-7-19-5-11-22(28)12-6-19/h5-14,17,27-28H,3-4,15-16,18H2,1-2H3. The lowest BCUT2D eigenvalue weighted by atomic mass is 10.1. The quantitative estimate of drug-likeness (QED) is 0.398. The Morgan fingerprint density at radius 1 is 0.968 bits per heavy atom. The summed E-state index contributed by atoms with van der Waals surface area (Å²) in [6, 6.07) is 12.1. The van der Waals surface area contributed by atoms with E-state index in [-0.39, 0.29) is 37.0 Å². The smallest absolute Gasteiger partial charge is 0.163 e. The first-order valence-electron chi connectivity index (χ1n) is 10.3. The van der Waals surface area contributed by atoms with Crippen LogP contribution in [0.15, 0.2) is 54.6 Å². The van der Waals surface area contributed by atoms with Gasteiger partial charge in [0.1, 0.15) is 18.1 Å². The van der Waals surface area contributed by atoms with E-state index in [9.17, 15) is 14.7 Å². The van der Waals surface area contributed by atoms with Gasteiger partial charge in [-0.25, -0.2) is 0 Å². The van der Waals surface area contributed by atoms with Gasteiger partial charge >= 0.3 is 0 Å². The molecule has 0 fully saturated rings. The van der Waals surface area contributed by atoms with E-state index in [0.717, 1.165) is 24.3 Å². The highest BCUT2D eigenvalue weighted by molar-refractivity contribution is 6.11. The normalized spacial score (nSPS) is 11.2. The van der Waals surface area contributed by atoms with E-state index < -0.39 is 0 Å². The number of anilines is 1. The predicted octanol–water partition coefficient (Wildman–Crippen LogP) is 3.86. The SMILES string of the molecule is CCN(CC)c1ccc(C=CC(=O)CC(=O)C=Cc2ccc(O)cc2)c(OCCO)c1. The Morgan fingerprint density at radius 2 is 1.61 bits per heavy atom. The Labute approximate surface area is 183 Å². The Kier molecular flexibility index (Phi) is 9.52. The minimum absolute atomic E-state index is 0.112. The summed E-state index contributed by atoms with van der Waals surface area (Å²) >= 11 is 0. The number of carbonyl (C=O) groups excluding carboxylic acids is 2. The van der Waals surface area contributed by atoms with Gasteiger partial charge in [-0.05, 0) is 61.9 Å². The van der Waals surface area contributed by atoms with Crippen LogP contribution in [0.2, 0.25) is 0 Å². The molecule has 0 aliphatic rings. The highest BCUT2D eigenvalue weighted by Gasteiger charge is 2.09. The molecule has 0 radical (unpaired) electrons. The molecule has 0 heterocycles. The lowest BCUT2D eigenvalue weighted by molar-refractivity contribution is -0.121. The van der Waals surface area contributed by atoms with Gasteiger partial charge in [-0.3, -0.25) is 9.59 Å². The van der Waals surface area contributed by atoms with E-state index in [0.29, 0.717) is 11.3 Å².